The Bertz CT molecular complexity index is 720. The fourth-order valence-electron chi connectivity index (χ4n) is 2.56. The van der Waals surface area contributed by atoms with Crippen LogP contribution in [0.25, 0.3) is 0 Å². The van der Waals surface area contributed by atoms with Crippen LogP contribution in [0.5, 0.6) is 0 Å². The van der Waals surface area contributed by atoms with Gasteiger partial charge in [0.15, 0.2) is 5.69 Å². The highest BCUT2D eigenvalue weighted by Gasteiger charge is 2.33. The second-order valence-electron chi connectivity index (χ2n) is 5.48. The standard InChI is InChI=1S/C15H13ClF4N4/c16-11-7-10(1-2-12(11)17)24-6-5-9(8-24)21-14-4-3-13(22-23-14)15(18,19)20/h1-4,7,9H,5-6,8H2,(H,21,23). The van der Waals surface area contributed by atoms with Crippen LogP contribution in [0, 0.1) is 5.82 Å². The smallest absolute Gasteiger partial charge is 0.369 e. The average molecular weight is 361 g/mol. The minimum absolute atomic E-state index is 0.000125. The molecule has 0 amide bonds. The molecule has 1 unspecified atom stereocenters. The molecule has 0 saturated carbocycles. The van der Waals surface area contributed by atoms with Crippen LogP contribution in [0.4, 0.5) is 29.1 Å². The van der Waals surface area contributed by atoms with Crippen molar-refractivity contribution in [2.24, 2.45) is 0 Å². The van der Waals surface area contributed by atoms with E-state index in [-0.39, 0.29) is 16.9 Å². The van der Waals surface area contributed by atoms with Crippen molar-refractivity contribution >= 4 is 23.1 Å². The summed E-state index contributed by atoms with van der Waals surface area (Å²) in [4.78, 5) is 2.01. The molecule has 2 heterocycles. The van der Waals surface area contributed by atoms with Crippen molar-refractivity contribution in [2.45, 2.75) is 18.6 Å². The molecule has 0 bridgehead atoms. The Hall–Kier alpha value is -2.09. The fraction of sp³-hybridized carbons (Fsp3) is 0.333. The molecule has 0 aliphatic carbocycles. The van der Waals surface area contributed by atoms with Gasteiger partial charge < -0.3 is 10.2 Å². The number of anilines is 2. The van der Waals surface area contributed by atoms with Crippen LogP contribution in [0.2, 0.25) is 5.02 Å². The molecule has 24 heavy (non-hydrogen) atoms. The Labute approximate surface area is 140 Å². The van der Waals surface area contributed by atoms with Gasteiger partial charge in [-0.15, -0.1) is 10.2 Å². The van der Waals surface area contributed by atoms with Gasteiger partial charge in [0.2, 0.25) is 0 Å². The molecule has 0 spiro atoms. The summed E-state index contributed by atoms with van der Waals surface area (Å²) < 4.78 is 50.6. The van der Waals surface area contributed by atoms with Gasteiger partial charge in [-0.1, -0.05) is 11.6 Å². The zero-order valence-electron chi connectivity index (χ0n) is 12.3. The number of rotatable bonds is 3. The highest BCUT2D eigenvalue weighted by molar-refractivity contribution is 6.31. The number of aromatic nitrogens is 2. The topological polar surface area (TPSA) is 41.0 Å². The predicted octanol–water partition coefficient (Wildman–Crippen LogP) is 3.98. The lowest BCUT2D eigenvalue weighted by Gasteiger charge is -2.19. The third-order valence-electron chi connectivity index (χ3n) is 3.76. The molecule has 1 aliphatic heterocycles. The second kappa shape index (κ2) is 6.43. The molecule has 1 aromatic carbocycles. The zero-order chi connectivity index (χ0) is 17.3. The molecule has 1 aliphatic rings. The van der Waals surface area contributed by atoms with Gasteiger partial charge in [-0.25, -0.2) is 4.39 Å². The fourth-order valence-corrected chi connectivity index (χ4v) is 2.74. The quantitative estimate of drug-likeness (QED) is 0.841. The maximum absolute atomic E-state index is 13.2. The monoisotopic (exact) mass is 360 g/mol. The van der Waals surface area contributed by atoms with Crippen LogP contribution >= 0.6 is 11.6 Å². The van der Waals surface area contributed by atoms with Crippen LogP contribution < -0.4 is 10.2 Å². The van der Waals surface area contributed by atoms with Crippen LogP contribution in [-0.2, 0) is 6.18 Å². The first-order valence-electron chi connectivity index (χ1n) is 7.20. The number of alkyl halides is 3. The van der Waals surface area contributed by atoms with E-state index in [1.807, 2.05) is 4.90 Å². The number of hydrogen-bond donors (Lipinski definition) is 1. The Morgan fingerprint density at radius 2 is 1.96 bits per heavy atom. The van der Waals surface area contributed by atoms with Gasteiger partial charge in [-0.2, -0.15) is 13.2 Å². The summed E-state index contributed by atoms with van der Waals surface area (Å²) in [6, 6.07) is 6.65. The lowest BCUT2D eigenvalue weighted by atomic mass is 10.2. The normalized spacial score (nSPS) is 18.0. The minimum Gasteiger partial charge on any atom is -0.369 e. The molecular weight excluding hydrogens is 348 g/mol. The number of halogens is 5. The Kier molecular flexibility index (Phi) is 4.49. The molecule has 128 valence electrons. The van der Waals surface area contributed by atoms with E-state index in [9.17, 15) is 17.6 Å². The van der Waals surface area contributed by atoms with E-state index in [0.717, 1.165) is 18.2 Å². The van der Waals surface area contributed by atoms with E-state index in [0.29, 0.717) is 13.1 Å². The molecule has 0 radical (unpaired) electrons. The van der Waals surface area contributed by atoms with Gasteiger partial charge in [-0.05, 0) is 36.8 Å². The second-order valence-corrected chi connectivity index (χ2v) is 5.88. The minimum atomic E-state index is -4.50. The number of benzene rings is 1. The van der Waals surface area contributed by atoms with Crippen molar-refractivity contribution in [2.75, 3.05) is 23.3 Å². The molecule has 2 aromatic rings. The largest absolute Gasteiger partial charge is 0.435 e. The van der Waals surface area contributed by atoms with E-state index in [1.54, 1.807) is 12.1 Å². The highest BCUT2D eigenvalue weighted by Crippen LogP contribution is 2.28. The first kappa shape index (κ1) is 16.8. The van der Waals surface area contributed by atoms with Gasteiger partial charge >= 0.3 is 6.18 Å². The molecule has 9 heteroatoms. The first-order valence-corrected chi connectivity index (χ1v) is 7.58. The SMILES string of the molecule is Fc1ccc(N2CCC(Nc3ccc(C(F)(F)F)nn3)C2)cc1Cl. The van der Waals surface area contributed by atoms with Gasteiger partial charge in [0.05, 0.1) is 5.02 Å². The molecular formula is C15H13ClF4N4. The zero-order valence-corrected chi connectivity index (χ0v) is 13.1. The summed E-state index contributed by atoms with van der Waals surface area (Å²) in [5.74, 6) is -0.193. The summed E-state index contributed by atoms with van der Waals surface area (Å²) in [6.07, 6.45) is -3.74. The van der Waals surface area contributed by atoms with E-state index in [2.05, 4.69) is 15.5 Å². The number of nitrogens with one attached hydrogen (secondary N) is 1. The molecule has 1 N–H and O–H groups in total. The lowest BCUT2D eigenvalue weighted by Crippen LogP contribution is -2.26. The van der Waals surface area contributed by atoms with E-state index < -0.39 is 17.7 Å². The van der Waals surface area contributed by atoms with Crippen molar-refractivity contribution in [3.63, 3.8) is 0 Å². The number of nitrogens with zero attached hydrogens (tertiary/aromatic N) is 3. The summed E-state index contributed by atoms with van der Waals surface area (Å²) in [7, 11) is 0. The van der Waals surface area contributed by atoms with Crippen molar-refractivity contribution in [3.05, 3.63) is 46.9 Å². The lowest BCUT2D eigenvalue weighted by molar-refractivity contribution is -0.141. The van der Waals surface area contributed by atoms with Gasteiger partial charge in [0.1, 0.15) is 11.6 Å². The van der Waals surface area contributed by atoms with Gasteiger partial charge in [-0.3, -0.25) is 0 Å². The predicted molar refractivity (Wildman–Crippen MR) is 82.7 cm³/mol. The third kappa shape index (κ3) is 3.69. The third-order valence-corrected chi connectivity index (χ3v) is 4.05. The Morgan fingerprint density at radius 1 is 1.17 bits per heavy atom. The van der Waals surface area contributed by atoms with E-state index in [4.69, 9.17) is 11.6 Å². The van der Waals surface area contributed by atoms with Crippen molar-refractivity contribution in [1.29, 1.82) is 0 Å². The Balaban J connectivity index is 1.62. The molecule has 4 nitrogen and oxygen atoms in total. The van der Waals surface area contributed by atoms with Crippen LogP contribution in [0.3, 0.4) is 0 Å². The van der Waals surface area contributed by atoms with Gasteiger partial charge in [0.25, 0.3) is 0 Å². The molecule has 1 atom stereocenters. The van der Waals surface area contributed by atoms with Crippen molar-refractivity contribution in [3.8, 4) is 0 Å². The molecule has 1 aromatic heterocycles. The summed E-state index contributed by atoms with van der Waals surface area (Å²) in [5.41, 5.74) is -0.230. The van der Waals surface area contributed by atoms with Crippen LogP contribution in [0.15, 0.2) is 30.3 Å². The average Bonchev–Trinajstić information content (AvgIpc) is 2.98. The van der Waals surface area contributed by atoms with E-state index >= 15 is 0 Å². The van der Waals surface area contributed by atoms with Crippen molar-refractivity contribution < 1.29 is 17.6 Å². The molecule has 1 fully saturated rings. The summed E-state index contributed by atoms with van der Waals surface area (Å²) >= 11 is 5.78. The maximum atomic E-state index is 13.2. The maximum Gasteiger partial charge on any atom is 0.435 e. The van der Waals surface area contributed by atoms with Gasteiger partial charge in [0, 0.05) is 24.8 Å². The summed E-state index contributed by atoms with van der Waals surface area (Å²) in [6.45, 7) is 1.32. The highest BCUT2D eigenvalue weighted by atomic mass is 35.5. The number of hydrogen-bond acceptors (Lipinski definition) is 4. The van der Waals surface area contributed by atoms with Crippen LogP contribution in [0.1, 0.15) is 12.1 Å². The Morgan fingerprint density at radius 3 is 2.58 bits per heavy atom. The van der Waals surface area contributed by atoms with Crippen LogP contribution in [-0.4, -0.2) is 29.3 Å². The van der Waals surface area contributed by atoms with E-state index in [1.165, 1.54) is 12.1 Å². The molecule has 1 saturated heterocycles. The molecule has 3 rings (SSSR count). The first-order chi connectivity index (χ1) is 11.3. The van der Waals surface area contributed by atoms with Crippen molar-refractivity contribution in [1.82, 2.24) is 10.2 Å². The summed E-state index contributed by atoms with van der Waals surface area (Å²) in [5, 5.41) is 9.85.